The first-order chi connectivity index (χ1) is 16.6. The average Bonchev–Trinajstić information content (AvgIpc) is 3.43. The number of amides is 6. The van der Waals surface area contributed by atoms with Crippen LogP contribution in [-0.2, 0) is 24.4 Å². The minimum atomic E-state index is -3.88. The molecule has 196 valence electrons. The van der Waals surface area contributed by atoms with Crippen LogP contribution in [0, 0.1) is 6.92 Å². The molecule has 0 aliphatic carbocycles. The average molecular weight is 566 g/mol. The Kier molecular flexibility index (Phi) is 8.02. The summed E-state index contributed by atoms with van der Waals surface area (Å²) in [6, 6.07) is -2.81. The van der Waals surface area contributed by atoms with Gasteiger partial charge in [0, 0.05) is 4.75 Å². The quantitative estimate of drug-likeness (QED) is 0.251. The van der Waals surface area contributed by atoms with E-state index >= 15 is 0 Å². The number of carbonyl (C=O) groups is 5. The van der Waals surface area contributed by atoms with Crippen molar-refractivity contribution in [3.63, 3.8) is 0 Å². The smallest absolute Gasteiger partial charge is 0.548 e. The topological polar surface area (TPSA) is 189 Å². The van der Waals surface area contributed by atoms with Gasteiger partial charge in [-0.15, -0.1) is 11.8 Å². The number of rotatable bonds is 6. The number of furan rings is 1. The van der Waals surface area contributed by atoms with Crippen LogP contribution in [0.25, 0.3) is 0 Å². The van der Waals surface area contributed by atoms with E-state index in [9.17, 15) is 37.5 Å². The van der Waals surface area contributed by atoms with E-state index in [0.29, 0.717) is 15.0 Å². The van der Waals surface area contributed by atoms with Gasteiger partial charge >= 0.3 is 41.6 Å². The Morgan fingerprint density at radius 3 is 2.38 bits per heavy atom. The molecular formula is C20H24N5NaO9S2. The molecule has 0 radical (unpaired) electrons. The molecule has 2 N–H and O–H groups in total. The molecule has 3 fully saturated rings. The first-order valence-electron chi connectivity index (χ1n) is 10.8. The zero-order valence-corrected chi connectivity index (χ0v) is 24.3. The number of carbonyl (C=O) groups excluding carboxylic acids is 5. The van der Waals surface area contributed by atoms with Crippen molar-refractivity contribution in [1.29, 1.82) is 0 Å². The molecule has 3 saturated heterocycles. The maximum Gasteiger partial charge on any atom is 1.00 e. The Labute approximate surface area is 238 Å². The van der Waals surface area contributed by atoms with Gasteiger partial charge in [-0.05, 0) is 32.9 Å². The molecule has 0 aromatic carbocycles. The molecule has 4 heterocycles. The van der Waals surface area contributed by atoms with Gasteiger partial charge in [-0.2, -0.15) is 0 Å². The Morgan fingerprint density at radius 1 is 1.22 bits per heavy atom. The summed E-state index contributed by atoms with van der Waals surface area (Å²) in [7, 11) is -3.88. The molecule has 6 amide bonds. The molecule has 0 saturated carbocycles. The van der Waals surface area contributed by atoms with E-state index in [1.807, 2.05) is 0 Å². The third kappa shape index (κ3) is 5.21. The number of hydrogen-bond acceptors (Lipinski definition) is 10. The molecule has 0 spiro atoms. The number of β-lactam (4-membered cyclic amide) rings is 1. The first kappa shape index (κ1) is 29.3. The maximum absolute atomic E-state index is 13.2. The van der Waals surface area contributed by atoms with E-state index in [1.54, 1.807) is 26.8 Å². The number of carboxylic acid groups (broad SMARTS) is 1. The van der Waals surface area contributed by atoms with Crippen molar-refractivity contribution in [2.45, 2.75) is 49.0 Å². The van der Waals surface area contributed by atoms with Gasteiger partial charge in [0.15, 0.2) is 6.04 Å². The van der Waals surface area contributed by atoms with Crippen LogP contribution in [0.1, 0.15) is 31.4 Å². The number of nitrogens with zero attached hydrogens (tertiary/aromatic N) is 3. The molecule has 17 heteroatoms. The molecule has 3 aliphatic rings. The third-order valence-electron chi connectivity index (χ3n) is 6.15. The van der Waals surface area contributed by atoms with Crippen molar-refractivity contribution in [3.05, 3.63) is 23.7 Å². The number of carboxylic acids is 1. The number of urea groups is 2. The summed E-state index contributed by atoms with van der Waals surface area (Å²) in [5.41, 5.74) is 0. The number of imide groups is 1. The molecule has 4 rings (SSSR count). The molecule has 3 aliphatic heterocycles. The van der Waals surface area contributed by atoms with E-state index in [4.69, 9.17) is 4.42 Å². The van der Waals surface area contributed by atoms with E-state index in [0.717, 1.165) is 11.2 Å². The van der Waals surface area contributed by atoms with Crippen molar-refractivity contribution in [2.75, 3.05) is 19.3 Å². The van der Waals surface area contributed by atoms with Crippen LogP contribution in [0.2, 0.25) is 0 Å². The van der Waals surface area contributed by atoms with E-state index < -0.39 is 68.1 Å². The Hall–Kier alpha value is -2.27. The number of sulfonamides is 1. The number of aliphatic carboxylic acids is 1. The number of thioether (sulfide) groups is 1. The number of hydrogen-bond donors (Lipinski definition) is 2. The minimum absolute atomic E-state index is 0. The molecule has 37 heavy (non-hydrogen) atoms. The summed E-state index contributed by atoms with van der Waals surface area (Å²) in [5, 5.41) is 15.8. The first-order valence-corrected chi connectivity index (χ1v) is 13.5. The van der Waals surface area contributed by atoms with Gasteiger partial charge in [0.2, 0.25) is 15.9 Å². The van der Waals surface area contributed by atoms with Crippen molar-refractivity contribution in [3.8, 4) is 0 Å². The van der Waals surface area contributed by atoms with Crippen molar-refractivity contribution < 1.29 is 71.5 Å². The summed E-state index contributed by atoms with van der Waals surface area (Å²) in [5.74, 6) is -2.41. The second-order valence-corrected chi connectivity index (χ2v) is 12.8. The predicted octanol–water partition coefficient (Wildman–Crippen LogP) is -4.66. The summed E-state index contributed by atoms with van der Waals surface area (Å²) in [6.45, 7) is 4.47. The zero-order valence-electron chi connectivity index (χ0n) is 20.7. The van der Waals surface area contributed by atoms with Crippen LogP contribution in [0.3, 0.4) is 0 Å². The fraction of sp³-hybridized carbons (Fsp3) is 0.550. The molecule has 1 aromatic heterocycles. The van der Waals surface area contributed by atoms with Gasteiger partial charge in [0.25, 0.3) is 5.91 Å². The second kappa shape index (κ2) is 10.1. The fourth-order valence-corrected chi connectivity index (χ4v) is 6.87. The van der Waals surface area contributed by atoms with Gasteiger partial charge in [-0.3, -0.25) is 9.59 Å². The maximum atomic E-state index is 13.2. The number of nitrogens with one attached hydrogen (secondary N) is 2. The molecule has 1 unspecified atom stereocenters. The molecule has 1 aromatic rings. The normalized spacial score (nSPS) is 25.2. The van der Waals surface area contributed by atoms with Crippen LogP contribution in [-0.4, -0.2) is 93.9 Å². The third-order valence-corrected chi connectivity index (χ3v) is 8.87. The van der Waals surface area contributed by atoms with E-state index in [1.165, 1.54) is 17.8 Å². The van der Waals surface area contributed by atoms with Crippen molar-refractivity contribution in [2.24, 2.45) is 0 Å². The second-order valence-electron chi connectivity index (χ2n) is 9.17. The van der Waals surface area contributed by atoms with Crippen molar-refractivity contribution >= 4 is 51.6 Å². The largest absolute Gasteiger partial charge is 1.00 e. The summed E-state index contributed by atoms with van der Waals surface area (Å²) >= 11 is 1.20. The van der Waals surface area contributed by atoms with Gasteiger partial charge in [0.1, 0.15) is 22.9 Å². The SMILES string of the molecule is Cc1ccc(C(NC(=O)N2CCN(S(C)(=O)=O)C2=O)C(=O)N[C@@H]2C(=O)N3[C@@H]2SC(C)(C)[C@@H]3C(=O)[O-])o1.[Na+]. The Morgan fingerprint density at radius 2 is 1.86 bits per heavy atom. The van der Waals surface area contributed by atoms with Crippen LogP contribution in [0.15, 0.2) is 16.5 Å². The van der Waals surface area contributed by atoms with Gasteiger partial charge in [0.05, 0.1) is 31.4 Å². The fourth-order valence-electron chi connectivity index (χ4n) is 4.45. The summed E-state index contributed by atoms with van der Waals surface area (Å²) in [4.78, 5) is 64.6. The Bertz CT molecular complexity index is 1270. The van der Waals surface area contributed by atoms with E-state index in [-0.39, 0.29) is 48.4 Å². The van der Waals surface area contributed by atoms with Gasteiger partial charge in [-0.1, -0.05) is 0 Å². The molecule has 0 bridgehead atoms. The predicted molar refractivity (Wildman–Crippen MR) is 121 cm³/mol. The molecule has 4 atom stereocenters. The van der Waals surface area contributed by atoms with Crippen LogP contribution in [0.5, 0.6) is 0 Å². The Balaban J connectivity index is 0.00000380. The number of aryl methyl sites for hydroxylation is 1. The molecular weight excluding hydrogens is 541 g/mol. The number of fused-ring (bicyclic) bond motifs is 1. The molecule has 14 nitrogen and oxygen atoms in total. The standard InChI is InChI=1S/C20H25N5O9S2.Na/c1-9-5-6-10(34-9)11(22-18(30)23-7-8-24(19(23)31)36(4,32)33)14(26)21-12-15(27)25-13(17(28)29)20(2,3)35-16(12)25;/h5-6,11-13,16H,7-8H2,1-4H3,(H,21,26)(H,22,30)(H,28,29);/q;+1/p-1/t11?,12-,13+,16-;/m1./s1. The van der Waals surface area contributed by atoms with Gasteiger partial charge in [-0.25, -0.2) is 27.2 Å². The van der Waals surface area contributed by atoms with Gasteiger partial charge < -0.3 is 29.9 Å². The van der Waals surface area contributed by atoms with Crippen LogP contribution >= 0.6 is 11.8 Å². The monoisotopic (exact) mass is 565 g/mol. The summed E-state index contributed by atoms with van der Waals surface area (Å²) in [6.07, 6.45) is 0.834. The van der Waals surface area contributed by atoms with E-state index in [2.05, 4.69) is 10.6 Å². The van der Waals surface area contributed by atoms with Crippen LogP contribution in [0.4, 0.5) is 9.59 Å². The van der Waals surface area contributed by atoms with Crippen LogP contribution < -0.4 is 45.3 Å². The minimum Gasteiger partial charge on any atom is -0.548 e. The summed E-state index contributed by atoms with van der Waals surface area (Å²) < 4.78 is 28.7. The zero-order chi connectivity index (χ0) is 26.7. The van der Waals surface area contributed by atoms with Crippen molar-refractivity contribution in [1.82, 2.24) is 24.7 Å².